The number of aryl methyl sites for hydroxylation is 2. The number of amides is 1. The van der Waals surface area contributed by atoms with Gasteiger partial charge in [0.25, 0.3) is 0 Å². The Morgan fingerprint density at radius 2 is 2.28 bits per heavy atom. The van der Waals surface area contributed by atoms with Crippen LogP contribution in [-0.2, 0) is 16.1 Å². The van der Waals surface area contributed by atoms with Crippen LogP contribution in [0, 0.1) is 31.1 Å². The van der Waals surface area contributed by atoms with Crippen LogP contribution in [-0.4, -0.2) is 58.5 Å². The van der Waals surface area contributed by atoms with Crippen LogP contribution >= 0.6 is 0 Å². The molecule has 1 aliphatic heterocycles. The normalized spacial score (nSPS) is 23.7. The monoisotopic (exact) mass is 345 g/mol. The highest BCUT2D eigenvalue weighted by Gasteiger charge is 2.43. The summed E-state index contributed by atoms with van der Waals surface area (Å²) in [7, 11) is 0. The average molecular weight is 345 g/mol. The molecule has 0 unspecified atom stereocenters. The van der Waals surface area contributed by atoms with Gasteiger partial charge in [0.05, 0.1) is 37.6 Å². The molecule has 1 N–H and O–H groups in total. The highest BCUT2D eigenvalue weighted by atomic mass is 16.5. The Morgan fingerprint density at radius 1 is 1.52 bits per heavy atom. The summed E-state index contributed by atoms with van der Waals surface area (Å²) in [6.45, 7) is 8.87. The fraction of sp³-hybridized carbons (Fsp3) is 0.722. The number of aromatic nitrogens is 2. The first-order valence-corrected chi connectivity index (χ1v) is 8.97. The van der Waals surface area contributed by atoms with Crippen LogP contribution in [0.2, 0.25) is 0 Å². The van der Waals surface area contributed by atoms with Gasteiger partial charge >= 0.3 is 0 Å². The molecule has 2 fully saturated rings. The van der Waals surface area contributed by atoms with Crippen LogP contribution in [0.1, 0.15) is 31.2 Å². The smallest absolute Gasteiger partial charge is 0.235 e. The molecule has 7 nitrogen and oxygen atoms in total. The van der Waals surface area contributed by atoms with Crippen molar-refractivity contribution in [1.29, 1.82) is 5.26 Å². The molecular weight excluding hydrogens is 318 g/mol. The second-order valence-electron chi connectivity index (χ2n) is 7.47. The average Bonchev–Trinajstić information content (AvgIpc) is 3.35. The molecule has 0 spiro atoms. The van der Waals surface area contributed by atoms with Gasteiger partial charge in [-0.05, 0) is 45.6 Å². The maximum absolute atomic E-state index is 12.4. The Bertz CT molecular complexity index is 675. The van der Waals surface area contributed by atoms with Crippen molar-refractivity contribution < 1.29 is 9.53 Å². The van der Waals surface area contributed by atoms with E-state index in [0.717, 1.165) is 30.8 Å². The number of morpholine rings is 1. The standard InChI is InChI=1S/C18H27N5O2/c1-13-8-14(2)23(21-13)10-16-9-22(6-7-25-16)11-17(24)20-18(3,12-19)15-4-5-15/h8,15-16H,4-7,9-11H2,1-3H3,(H,20,24)/t16-,18+/m0/s1. The fourth-order valence-electron chi connectivity index (χ4n) is 3.50. The summed E-state index contributed by atoms with van der Waals surface area (Å²) >= 11 is 0. The third-order valence-corrected chi connectivity index (χ3v) is 5.10. The number of carbonyl (C=O) groups is 1. The predicted octanol–water partition coefficient (Wildman–Crippen LogP) is 1.01. The van der Waals surface area contributed by atoms with Gasteiger partial charge in [0.2, 0.25) is 5.91 Å². The van der Waals surface area contributed by atoms with Crippen LogP contribution in [0.4, 0.5) is 0 Å². The van der Waals surface area contributed by atoms with E-state index in [-0.39, 0.29) is 12.0 Å². The summed E-state index contributed by atoms with van der Waals surface area (Å²) < 4.78 is 7.80. The Labute approximate surface area is 148 Å². The van der Waals surface area contributed by atoms with Crippen molar-refractivity contribution in [1.82, 2.24) is 20.0 Å². The van der Waals surface area contributed by atoms with Crippen molar-refractivity contribution in [3.8, 4) is 6.07 Å². The first-order chi connectivity index (χ1) is 11.9. The first kappa shape index (κ1) is 17.9. The molecule has 0 radical (unpaired) electrons. The number of ether oxygens (including phenoxy) is 1. The van der Waals surface area contributed by atoms with Crippen molar-refractivity contribution in [3.63, 3.8) is 0 Å². The van der Waals surface area contributed by atoms with Gasteiger partial charge in [-0.3, -0.25) is 14.4 Å². The van der Waals surface area contributed by atoms with Crippen LogP contribution in [0.3, 0.4) is 0 Å². The van der Waals surface area contributed by atoms with Gasteiger partial charge in [0.1, 0.15) is 5.54 Å². The predicted molar refractivity (Wildman–Crippen MR) is 92.8 cm³/mol. The minimum absolute atomic E-state index is 0.0188. The molecule has 2 atom stereocenters. The lowest BCUT2D eigenvalue weighted by Crippen LogP contribution is -2.53. The SMILES string of the molecule is Cc1cc(C)n(C[C@@H]2CN(CC(=O)N[C@](C)(C#N)C3CC3)CCO2)n1. The van der Waals surface area contributed by atoms with Gasteiger partial charge < -0.3 is 10.1 Å². The molecule has 25 heavy (non-hydrogen) atoms. The summed E-state index contributed by atoms with van der Waals surface area (Å²) in [5.74, 6) is 0.215. The second kappa shape index (κ2) is 7.14. The highest BCUT2D eigenvalue weighted by Crippen LogP contribution is 2.39. The lowest BCUT2D eigenvalue weighted by atomic mass is 9.98. The van der Waals surface area contributed by atoms with Gasteiger partial charge in [-0.15, -0.1) is 0 Å². The number of hydrogen-bond acceptors (Lipinski definition) is 5. The van der Waals surface area contributed by atoms with E-state index in [4.69, 9.17) is 4.74 Å². The molecule has 7 heteroatoms. The Balaban J connectivity index is 1.52. The zero-order valence-corrected chi connectivity index (χ0v) is 15.3. The zero-order chi connectivity index (χ0) is 18.0. The molecule has 1 aromatic rings. The minimum Gasteiger partial charge on any atom is -0.374 e. The summed E-state index contributed by atoms with van der Waals surface area (Å²) in [4.78, 5) is 14.5. The van der Waals surface area contributed by atoms with E-state index >= 15 is 0 Å². The maximum atomic E-state index is 12.4. The number of nitriles is 1. The quantitative estimate of drug-likeness (QED) is 0.832. The van der Waals surface area contributed by atoms with Crippen molar-refractivity contribution in [3.05, 3.63) is 17.5 Å². The van der Waals surface area contributed by atoms with Crippen LogP contribution in [0.15, 0.2) is 6.07 Å². The highest BCUT2D eigenvalue weighted by molar-refractivity contribution is 5.79. The summed E-state index contributed by atoms with van der Waals surface area (Å²) in [5.41, 5.74) is 1.39. The topological polar surface area (TPSA) is 83.2 Å². The van der Waals surface area contributed by atoms with Crippen molar-refractivity contribution in [2.75, 3.05) is 26.2 Å². The van der Waals surface area contributed by atoms with E-state index in [1.54, 1.807) is 0 Å². The molecule has 1 saturated heterocycles. The molecule has 1 amide bonds. The fourth-order valence-corrected chi connectivity index (χ4v) is 3.50. The van der Waals surface area contributed by atoms with E-state index in [9.17, 15) is 10.1 Å². The van der Waals surface area contributed by atoms with Gasteiger partial charge in [0, 0.05) is 18.8 Å². The third kappa shape index (κ3) is 4.39. The Hall–Kier alpha value is -1.91. The second-order valence-corrected chi connectivity index (χ2v) is 7.47. The molecule has 1 aromatic heterocycles. The number of nitrogens with zero attached hydrogens (tertiary/aromatic N) is 4. The van der Waals surface area contributed by atoms with E-state index in [0.29, 0.717) is 32.2 Å². The molecule has 1 saturated carbocycles. The molecular formula is C18H27N5O2. The summed E-state index contributed by atoms with van der Waals surface area (Å²) in [6.07, 6.45) is 2.06. The van der Waals surface area contributed by atoms with E-state index < -0.39 is 5.54 Å². The number of hydrogen-bond donors (Lipinski definition) is 1. The lowest BCUT2D eigenvalue weighted by Gasteiger charge is -2.33. The number of rotatable bonds is 6. The van der Waals surface area contributed by atoms with Gasteiger partial charge in [-0.25, -0.2) is 0 Å². The molecule has 1 aliphatic carbocycles. The minimum atomic E-state index is -0.730. The zero-order valence-electron chi connectivity index (χ0n) is 15.3. The van der Waals surface area contributed by atoms with E-state index in [2.05, 4.69) is 27.5 Å². The summed E-state index contributed by atoms with van der Waals surface area (Å²) in [6, 6.07) is 4.32. The summed E-state index contributed by atoms with van der Waals surface area (Å²) in [5, 5.41) is 16.8. The van der Waals surface area contributed by atoms with Crippen LogP contribution < -0.4 is 5.32 Å². The molecule has 2 aliphatic rings. The van der Waals surface area contributed by atoms with Crippen LogP contribution in [0.25, 0.3) is 0 Å². The van der Waals surface area contributed by atoms with Crippen LogP contribution in [0.5, 0.6) is 0 Å². The van der Waals surface area contributed by atoms with Crippen molar-refractivity contribution in [2.24, 2.45) is 5.92 Å². The first-order valence-electron chi connectivity index (χ1n) is 8.97. The largest absolute Gasteiger partial charge is 0.374 e. The molecule has 0 aromatic carbocycles. The number of carbonyl (C=O) groups excluding carboxylic acids is 1. The van der Waals surface area contributed by atoms with Gasteiger partial charge in [-0.2, -0.15) is 10.4 Å². The molecule has 3 rings (SSSR count). The maximum Gasteiger partial charge on any atom is 0.235 e. The Kier molecular flexibility index (Phi) is 5.11. The third-order valence-electron chi connectivity index (χ3n) is 5.10. The van der Waals surface area contributed by atoms with Gasteiger partial charge in [-0.1, -0.05) is 0 Å². The Morgan fingerprint density at radius 3 is 2.88 bits per heavy atom. The lowest BCUT2D eigenvalue weighted by molar-refractivity contribution is -0.125. The van der Waals surface area contributed by atoms with Crippen molar-refractivity contribution >= 4 is 5.91 Å². The van der Waals surface area contributed by atoms with Crippen molar-refractivity contribution in [2.45, 2.75) is 51.8 Å². The molecule has 2 heterocycles. The molecule has 0 bridgehead atoms. The van der Waals surface area contributed by atoms with E-state index in [1.165, 1.54) is 0 Å². The number of nitrogens with one attached hydrogen (secondary N) is 1. The molecule has 136 valence electrons. The van der Waals surface area contributed by atoms with E-state index in [1.807, 2.05) is 25.5 Å². The van der Waals surface area contributed by atoms with Gasteiger partial charge in [0.15, 0.2) is 0 Å².